The first-order valence-electron chi connectivity index (χ1n) is 7.40. The van der Waals surface area contributed by atoms with Gasteiger partial charge < -0.3 is 15.4 Å². The Hall–Kier alpha value is -2.42. The number of benzene rings is 1. The molecule has 1 fully saturated rings. The summed E-state index contributed by atoms with van der Waals surface area (Å²) in [5.41, 5.74) is 5.27. The van der Waals surface area contributed by atoms with Crippen LogP contribution < -0.4 is 10.5 Å². The van der Waals surface area contributed by atoms with Crippen molar-refractivity contribution in [2.45, 2.75) is 12.5 Å². The van der Waals surface area contributed by atoms with Crippen LogP contribution in [0.4, 0.5) is 0 Å². The second-order valence-corrected chi connectivity index (χ2v) is 6.37. The number of halogens is 1. The smallest absolute Gasteiger partial charge is 0.270 e. The SMILES string of the molecule is NC(=O)c1cn(C2CN(C(=O)CCOc3cccc(Br)c3)C2)nn1. The minimum Gasteiger partial charge on any atom is -0.493 e. The molecule has 1 aliphatic heterocycles. The van der Waals surface area contributed by atoms with E-state index in [1.807, 2.05) is 24.3 Å². The van der Waals surface area contributed by atoms with Crippen LogP contribution in [0.15, 0.2) is 34.9 Å². The van der Waals surface area contributed by atoms with Crippen LogP contribution in [0.3, 0.4) is 0 Å². The van der Waals surface area contributed by atoms with Gasteiger partial charge in [0.1, 0.15) is 5.75 Å². The summed E-state index contributed by atoms with van der Waals surface area (Å²) < 4.78 is 8.06. The average molecular weight is 394 g/mol. The fourth-order valence-corrected chi connectivity index (χ4v) is 2.74. The molecule has 0 atom stereocenters. The Morgan fingerprint density at radius 1 is 1.38 bits per heavy atom. The monoisotopic (exact) mass is 393 g/mol. The van der Waals surface area contributed by atoms with E-state index < -0.39 is 5.91 Å². The fourth-order valence-electron chi connectivity index (χ4n) is 2.37. The number of nitrogens with zero attached hydrogens (tertiary/aromatic N) is 4. The van der Waals surface area contributed by atoms with Crippen molar-refractivity contribution < 1.29 is 14.3 Å². The van der Waals surface area contributed by atoms with Gasteiger partial charge in [0.25, 0.3) is 5.91 Å². The second kappa shape index (κ2) is 7.00. The standard InChI is InChI=1S/C15H16BrN5O3/c16-10-2-1-3-12(6-10)24-5-4-14(22)20-7-11(8-20)21-9-13(15(17)23)18-19-21/h1-3,6,9,11H,4-5,7-8H2,(H2,17,23). The molecule has 1 aliphatic rings. The number of nitrogens with two attached hydrogens (primary N) is 1. The van der Waals surface area contributed by atoms with Gasteiger partial charge in [-0.05, 0) is 18.2 Å². The van der Waals surface area contributed by atoms with Crippen LogP contribution in [0.2, 0.25) is 0 Å². The van der Waals surface area contributed by atoms with Gasteiger partial charge in [0.15, 0.2) is 5.69 Å². The summed E-state index contributed by atoms with van der Waals surface area (Å²) in [6, 6.07) is 7.51. The Balaban J connectivity index is 1.42. The molecule has 9 heteroatoms. The first-order valence-corrected chi connectivity index (χ1v) is 8.20. The van der Waals surface area contributed by atoms with Crippen molar-refractivity contribution in [2.75, 3.05) is 19.7 Å². The first-order chi connectivity index (χ1) is 11.5. The number of carbonyl (C=O) groups excluding carboxylic acids is 2. The zero-order chi connectivity index (χ0) is 17.1. The predicted octanol–water partition coefficient (Wildman–Crippen LogP) is 0.992. The van der Waals surface area contributed by atoms with Crippen molar-refractivity contribution in [1.29, 1.82) is 0 Å². The highest BCUT2D eigenvalue weighted by molar-refractivity contribution is 9.10. The summed E-state index contributed by atoms with van der Waals surface area (Å²) in [5, 5.41) is 7.55. The van der Waals surface area contributed by atoms with Gasteiger partial charge in [-0.2, -0.15) is 0 Å². The van der Waals surface area contributed by atoms with Crippen LogP contribution in [0.1, 0.15) is 23.0 Å². The zero-order valence-electron chi connectivity index (χ0n) is 12.8. The van der Waals surface area contributed by atoms with Gasteiger partial charge in [0, 0.05) is 17.6 Å². The van der Waals surface area contributed by atoms with Crippen molar-refractivity contribution >= 4 is 27.7 Å². The highest BCUT2D eigenvalue weighted by Gasteiger charge is 2.32. The third-order valence-corrected chi connectivity index (χ3v) is 4.23. The van der Waals surface area contributed by atoms with Gasteiger partial charge >= 0.3 is 0 Å². The summed E-state index contributed by atoms with van der Waals surface area (Å²) in [4.78, 5) is 24.8. The molecule has 126 valence electrons. The topological polar surface area (TPSA) is 103 Å². The van der Waals surface area contributed by atoms with Crippen LogP contribution in [-0.2, 0) is 4.79 Å². The number of primary amides is 1. The van der Waals surface area contributed by atoms with E-state index in [1.54, 1.807) is 9.58 Å². The molecule has 0 radical (unpaired) electrons. The van der Waals surface area contributed by atoms with Gasteiger partial charge in [-0.3, -0.25) is 9.59 Å². The number of rotatable bonds is 6. The van der Waals surface area contributed by atoms with E-state index in [-0.39, 0.29) is 17.6 Å². The minimum atomic E-state index is -0.613. The summed E-state index contributed by atoms with van der Waals surface area (Å²) in [6.07, 6.45) is 1.81. The molecule has 0 unspecified atom stereocenters. The Morgan fingerprint density at radius 2 is 2.17 bits per heavy atom. The third kappa shape index (κ3) is 3.73. The third-order valence-electron chi connectivity index (χ3n) is 3.73. The van der Waals surface area contributed by atoms with Crippen LogP contribution >= 0.6 is 15.9 Å². The van der Waals surface area contributed by atoms with E-state index in [4.69, 9.17) is 10.5 Å². The Morgan fingerprint density at radius 3 is 2.83 bits per heavy atom. The molecule has 3 rings (SSSR count). The molecular weight excluding hydrogens is 378 g/mol. The second-order valence-electron chi connectivity index (χ2n) is 5.46. The molecule has 0 saturated carbocycles. The molecule has 2 N–H and O–H groups in total. The number of likely N-dealkylation sites (tertiary alicyclic amines) is 1. The predicted molar refractivity (Wildman–Crippen MR) is 88.4 cm³/mol. The van der Waals surface area contributed by atoms with E-state index in [0.717, 1.165) is 10.2 Å². The number of hydrogen-bond donors (Lipinski definition) is 1. The number of ether oxygens (including phenoxy) is 1. The number of hydrogen-bond acceptors (Lipinski definition) is 5. The number of aromatic nitrogens is 3. The van der Waals surface area contributed by atoms with Crippen LogP contribution in [-0.4, -0.2) is 51.4 Å². The molecule has 0 spiro atoms. The molecule has 2 aromatic rings. The minimum absolute atomic E-state index is 0.0245. The Bertz CT molecular complexity index is 757. The number of carbonyl (C=O) groups is 2. The molecule has 8 nitrogen and oxygen atoms in total. The van der Waals surface area contributed by atoms with E-state index in [2.05, 4.69) is 26.2 Å². The molecule has 0 aliphatic carbocycles. The highest BCUT2D eigenvalue weighted by Crippen LogP contribution is 2.22. The van der Waals surface area contributed by atoms with Gasteiger partial charge in [-0.25, -0.2) is 4.68 Å². The summed E-state index contributed by atoms with van der Waals surface area (Å²) in [7, 11) is 0. The molecule has 1 aromatic heterocycles. The van der Waals surface area contributed by atoms with E-state index in [9.17, 15) is 9.59 Å². The first kappa shape index (κ1) is 16.4. The molecule has 0 bridgehead atoms. The Labute approximate surface area is 146 Å². The molecule has 2 amide bonds. The lowest BCUT2D eigenvalue weighted by atomic mass is 10.1. The maximum Gasteiger partial charge on any atom is 0.270 e. The van der Waals surface area contributed by atoms with E-state index in [0.29, 0.717) is 26.1 Å². The largest absolute Gasteiger partial charge is 0.493 e. The molecule has 1 aromatic carbocycles. The van der Waals surface area contributed by atoms with Crippen molar-refractivity contribution in [3.8, 4) is 5.75 Å². The highest BCUT2D eigenvalue weighted by atomic mass is 79.9. The van der Waals surface area contributed by atoms with Crippen molar-refractivity contribution in [3.05, 3.63) is 40.6 Å². The zero-order valence-corrected chi connectivity index (χ0v) is 14.3. The number of amides is 2. The van der Waals surface area contributed by atoms with Crippen molar-refractivity contribution in [1.82, 2.24) is 19.9 Å². The van der Waals surface area contributed by atoms with Crippen molar-refractivity contribution in [3.63, 3.8) is 0 Å². The molecule has 2 heterocycles. The fraction of sp³-hybridized carbons (Fsp3) is 0.333. The summed E-state index contributed by atoms with van der Waals surface area (Å²) in [6.45, 7) is 1.40. The van der Waals surface area contributed by atoms with Crippen molar-refractivity contribution in [2.24, 2.45) is 5.73 Å². The van der Waals surface area contributed by atoms with E-state index in [1.165, 1.54) is 6.20 Å². The van der Waals surface area contributed by atoms with Crippen LogP contribution in [0.5, 0.6) is 5.75 Å². The van der Waals surface area contributed by atoms with Gasteiger partial charge in [-0.1, -0.05) is 27.2 Å². The van der Waals surface area contributed by atoms with Gasteiger partial charge in [0.05, 0.1) is 25.3 Å². The molecule has 24 heavy (non-hydrogen) atoms. The maximum atomic E-state index is 12.1. The normalized spacial score (nSPS) is 14.3. The summed E-state index contributed by atoms with van der Waals surface area (Å²) in [5.74, 6) is 0.134. The lowest BCUT2D eigenvalue weighted by Crippen LogP contribution is -2.51. The quantitative estimate of drug-likeness (QED) is 0.787. The van der Waals surface area contributed by atoms with E-state index >= 15 is 0 Å². The molecule has 1 saturated heterocycles. The van der Waals surface area contributed by atoms with Gasteiger partial charge in [-0.15, -0.1) is 5.10 Å². The van der Waals surface area contributed by atoms with Crippen LogP contribution in [0, 0.1) is 0 Å². The molecular formula is C15H16BrN5O3. The Kier molecular flexibility index (Phi) is 4.79. The van der Waals surface area contributed by atoms with Gasteiger partial charge in [0.2, 0.25) is 5.91 Å². The lowest BCUT2D eigenvalue weighted by molar-refractivity contribution is -0.137. The van der Waals surface area contributed by atoms with Crippen LogP contribution in [0.25, 0.3) is 0 Å². The summed E-state index contributed by atoms with van der Waals surface area (Å²) >= 11 is 3.37. The lowest BCUT2D eigenvalue weighted by Gasteiger charge is -2.38. The average Bonchev–Trinajstić information content (AvgIpc) is 2.95. The maximum absolute atomic E-state index is 12.1.